The van der Waals surface area contributed by atoms with Crippen LogP contribution in [0.4, 0.5) is 24.5 Å². The van der Waals surface area contributed by atoms with E-state index in [1.807, 2.05) is 6.07 Å². The molecule has 0 aliphatic rings. The number of anilines is 2. The molecule has 0 aliphatic heterocycles. The zero-order valence-corrected chi connectivity index (χ0v) is 12.0. The number of carbonyl (C=O) groups excluding carboxylic acids is 1. The average Bonchev–Trinajstić information content (AvgIpc) is 2.47. The molecule has 0 heterocycles. The Hall–Kier alpha value is -2.21. The van der Waals surface area contributed by atoms with E-state index in [0.29, 0.717) is 0 Å². The first-order valence-corrected chi connectivity index (χ1v) is 6.69. The van der Waals surface area contributed by atoms with Gasteiger partial charge in [-0.15, -0.1) is 0 Å². The highest BCUT2D eigenvalue weighted by Crippen LogP contribution is 2.33. The highest BCUT2D eigenvalue weighted by atomic mass is 35.5. The van der Waals surface area contributed by atoms with Crippen LogP contribution in [-0.2, 0) is 11.0 Å². The molecule has 0 saturated heterocycles. The fraction of sp³-hybridized carbons (Fsp3) is 0.133. The Labute approximate surface area is 130 Å². The van der Waals surface area contributed by atoms with E-state index in [1.165, 1.54) is 0 Å². The van der Waals surface area contributed by atoms with Crippen molar-refractivity contribution < 1.29 is 18.0 Å². The lowest BCUT2D eigenvalue weighted by Crippen LogP contribution is -2.22. The molecule has 0 aliphatic carbocycles. The fourth-order valence-corrected chi connectivity index (χ4v) is 1.89. The van der Waals surface area contributed by atoms with Crippen LogP contribution in [0.3, 0.4) is 0 Å². The molecule has 0 radical (unpaired) electrons. The van der Waals surface area contributed by atoms with Gasteiger partial charge in [-0.2, -0.15) is 13.2 Å². The predicted octanol–water partition coefficient (Wildman–Crippen LogP) is 4.41. The van der Waals surface area contributed by atoms with Gasteiger partial charge < -0.3 is 10.6 Å². The molecular weight excluding hydrogens is 317 g/mol. The number of carbonyl (C=O) groups is 1. The molecule has 0 atom stereocenters. The Morgan fingerprint density at radius 3 is 2.41 bits per heavy atom. The molecule has 2 aromatic carbocycles. The second kappa shape index (κ2) is 6.70. The molecule has 2 N–H and O–H groups in total. The lowest BCUT2D eigenvalue weighted by Gasteiger charge is -2.12. The summed E-state index contributed by atoms with van der Waals surface area (Å²) in [7, 11) is 0. The number of hydrogen-bond donors (Lipinski definition) is 2. The van der Waals surface area contributed by atoms with E-state index in [-0.39, 0.29) is 17.3 Å². The van der Waals surface area contributed by atoms with Gasteiger partial charge in [-0.25, -0.2) is 0 Å². The van der Waals surface area contributed by atoms with E-state index >= 15 is 0 Å². The second-order valence-corrected chi connectivity index (χ2v) is 4.87. The number of hydrogen-bond acceptors (Lipinski definition) is 2. The quantitative estimate of drug-likeness (QED) is 0.873. The van der Waals surface area contributed by atoms with Gasteiger partial charge in [0.2, 0.25) is 5.91 Å². The second-order valence-electron chi connectivity index (χ2n) is 4.46. The Morgan fingerprint density at radius 1 is 1.09 bits per heavy atom. The zero-order chi connectivity index (χ0) is 16.2. The SMILES string of the molecule is O=C(CNc1ccccc1)Nc1cc(C(F)(F)F)ccc1Cl. The van der Waals surface area contributed by atoms with Gasteiger partial charge in [-0.3, -0.25) is 4.79 Å². The van der Waals surface area contributed by atoms with Gasteiger partial charge in [0.05, 0.1) is 22.8 Å². The van der Waals surface area contributed by atoms with E-state index < -0.39 is 17.6 Å². The van der Waals surface area contributed by atoms with Crippen LogP contribution in [0.1, 0.15) is 5.56 Å². The van der Waals surface area contributed by atoms with Gasteiger partial charge in [0.15, 0.2) is 0 Å². The van der Waals surface area contributed by atoms with Gasteiger partial charge in [0.25, 0.3) is 0 Å². The normalized spacial score (nSPS) is 11.1. The molecule has 2 rings (SSSR count). The summed E-state index contributed by atoms with van der Waals surface area (Å²) in [6, 6.07) is 11.7. The van der Waals surface area contributed by atoms with Crippen molar-refractivity contribution in [2.24, 2.45) is 0 Å². The summed E-state index contributed by atoms with van der Waals surface area (Å²) in [5, 5.41) is 5.25. The number of amides is 1. The molecule has 1 amide bonds. The molecule has 0 saturated carbocycles. The van der Waals surface area contributed by atoms with Gasteiger partial charge in [-0.05, 0) is 30.3 Å². The van der Waals surface area contributed by atoms with E-state index in [9.17, 15) is 18.0 Å². The Bertz CT molecular complexity index is 660. The van der Waals surface area contributed by atoms with Crippen LogP contribution in [0.5, 0.6) is 0 Å². The van der Waals surface area contributed by atoms with E-state index in [4.69, 9.17) is 11.6 Å². The summed E-state index contributed by atoms with van der Waals surface area (Å²) in [6.07, 6.45) is -4.49. The first kappa shape index (κ1) is 16.2. The van der Waals surface area contributed by atoms with Gasteiger partial charge in [0, 0.05) is 5.69 Å². The maximum absolute atomic E-state index is 12.6. The summed E-state index contributed by atoms with van der Waals surface area (Å²) < 4.78 is 37.9. The molecular formula is C15H12ClF3N2O. The van der Waals surface area contributed by atoms with Gasteiger partial charge in [0.1, 0.15) is 0 Å². The summed E-state index contributed by atoms with van der Waals surface area (Å²) in [4.78, 5) is 11.8. The van der Waals surface area contributed by atoms with Crippen LogP contribution in [-0.4, -0.2) is 12.5 Å². The molecule has 0 aromatic heterocycles. The fourth-order valence-electron chi connectivity index (χ4n) is 1.73. The summed E-state index contributed by atoms with van der Waals surface area (Å²) >= 11 is 5.81. The number of benzene rings is 2. The maximum atomic E-state index is 12.6. The minimum atomic E-state index is -4.49. The van der Waals surface area contributed by atoms with Crippen molar-refractivity contribution in [2.45, 2.75) is 6.18 Å². The number of para-hydroxylation sites is 1. The lowest BCUT2D eigenvalue weighted by atomic mass is 10.2. The third-order valence-corrected chi connectivity index (χ3v) is 3.12. The number of alkyl halides is 3. The lowest BCUT2D eigenvalue weighted by molar-refractivity contribution is -0.137. The molecule has 22 heavy (non-hydrogen) atoms. The van der Waals surface area contributed by atoms with Gasteiger partial charge in [-0.1, -0.05) is 29.8 Å². The predicted molar refractivity (Wildman–Crippen MR) is 80.0 cm³/mol. The third-order valence-electron chi connectivity index (χ3n) is 2.79. The monoisotopic (exact) mass is 328 g/mol. The topological polar surface area (TPSA) is 41.1 Å². The molecule has 0 fully saturated rings. The molecule has 116 valence electrons. The standard InChI is InChI=1S/C15H12ClF3N2O/c16-12-7-6-10(15(17,18)19)8-13(12)21-14(22)9-20-11-4-2-1-3-5-11/h1-8,20H,9H2,(H,21,22). The van der Waals surface area contributed by atoms with E-state index in [0.717, 1.165) is 23.9 Å². The van der Waals surface area contributed by atoms with Crippen LogP contribution in [0.2, 0.25) is 5.02 Å². The Balaban J connectivity index is 2.02. The first-order valence-electron chi connectivity index (χ1n) is 6.32. The van der Waals surface area contributed by atoms with Crippen LogP contribution in [0.25, 0.3) is 0 Å². The maximum Gasteiger partial charge on any atom is 0.416 e. The van der Waals surface area contributed by atoms with Crippen molar-refractivity contribution in [1.29, 1.82) is 0 Å². The van der Waals surface area contributed by atoms with Crippen molar-refractivity contribution in [3.63, 3.8) is 0 Å². The Morgan fingerprint density at radius 2 is 1.77 bits per heavy atom. The summed E-state index contributed by atoms with van der Waals surface area (Å²) in [5.41, 5.74) is -0.215. The highest BCUT2D eigenvalue weighted by molar-refractivity contribution is 6.33. The molecule has 0 bridgehead atoms. The number of nitrogens with one attached hydrogen (secondary N) is 2. The van der Waals surface area contributed by atoms with Crippen molar-refractivity contribution in [3.8, 4) is 0 Å². The minimum absolute atomic E-state index is 0.0426. The largest absolute Gasteiger partial charge is 0.416 e. The van der Waals surface area contributed by atoms with Crippen LogP contribution >= 0.6 is 11.6 Å². The molecule has 0 unspecified atom stereocenters. The number of halogens is 4. The van der Waals surface area contributed by atoms with Crippen molar-refractivity contribution >= 4 is 28.9 Å². The Kier molecular flexibility index (Phi) is 4.92. The molecule has 0 spiro atoms. The number of rotatable bonds is 4. The first-order chi connectivity index (χ1) is 10.4. The minimum Gasteiger partial charge on any atom is -0.376 e. The zero-order valence-electron chi connectivity index (χ0n) is 11.2. The smallest absolute Gasteiger partial charge is 0.376 e. The van der Waals surface area contributed by atoms with Gasteiger partial charge >= 0.3 is 6.18 Å². The third kappa shape index (κ3) is 4.39. The van der Waals surface area contributed by atoms with Crippen molar-refractivity contribution in [3.05, 3.63) is 59.1 Å². The van der Waals surface area contributed by atoms with E-state index in [1.54, 1.807) is 24.3 Å². The van der Waals surface area contributed by atoms with Crippen LogP contribution < -0.4 is 10.6 Å². The molecule has 2 aromatic rings. The van der Waals surface area contributed by atoms with Crippen molar-refractivity contribution in [1.82, 2.24) is 0 Å². The van der Waals surface area contributed by atoms with Crippen molar-refractivity contribution in [2.75, 3.05) is 17.2 Å². The summed E-state index contributed by atoms with van der Waals surface area (Å²) in [6.45, 7) is -0.0867. The highest BCUT2D eigenvalue weighted by Gasteiger charge is 2.31. The van der Waals surface area contributed by atoms with Crippen LogP contribution in [0.15, 0.2) is 48.5 Å². The average molecular weight is 329 g/mol. The van der Waals surface area contributed by atoms with Crippen LogP contribution in [0, 0.1) is 0 Å². The molecule has 3 nitrogen and oxygen atoms in total. The molecule has 7 heteroatoms. The van der Waals surface area contributed by atoms with E-state index in [2.05, 4.69) is 10.6 Å². The summed E-state index contributed by atoms with van der Waals surface area (Å²) in [5.74, 6) is -0.495.